The quantitative estimate of drug-likeness (QED) is 0.934. The van der Waals surface area contributed by atoms with Crippen molar-refractivity contribution >= 4 is 0 Å². The molecule has 0 saturated heterocycles. The van der Waals surface area contributed by atoms with Crippen molar-refractivity contribution in [1.29, 1.82) is 0 Å². The molecule has 0 saturated carbocycles. The van der Waals surface area contributed by atoms with E-state index in [1.54, 1.807) is 0 Å². The second-order valence-electron chi connectivity index (χ2n) is 6.09. The van der Waals surface area contributed by atoms with Crippen LogP contribution in [0, 0.1) is 13.8 Å². The molecule has 1 aliphatic rings. The fourth-order valence-corrected chi connectivity index (χ4v) is 3.31. The lowest BCUT2D eigenvalue weighted by atomic mass is 9.92. The lowest BCUT2D eigenvalue weighted by Crippen LogP contribution is -2.38. The number of nitrogens with zero attached hydrogens (tertiary/aromatic N) is 1. The molecule has 2 heteroatoms. The van der Waals surface area contributed by atoms with Crippen LogP contribution in [0.1, 0.15) is 33.9 Å². The van der Waals surface area contributed by atoms with Crippen LogP contribution in [-0.4, -0.2) is 18.0 Å². The molecule has 0 aliphatic carbocycles. The molecule has 0 spiro atoms. The molecule has 1 aliphatic heterocycles. The third-order valence-electron chi connectivity index (χ3n) is 4.70. The van der Waals surface area contributed by atoms with E-state index in [0.29, 0.717) is 12.6 Å². The maximum absolute atomic E-state index is 6.07. The second kappa shape index (κ2) is 6.00. The maximum Gasteiger partial charge on any atom is 0.0476 e. The van der Waals surface area contributed by atoms with Gasteiger partial charge in [-0.1, -0.05) is 42.5 Å². The van der Waals surface area contributed by atoms with Gasteiger partial charge in [0.2, 0.25) is 0 Å². The van der Waals surface area contributed by atoms with Gasteiger partial charge in [0, 0.05) is 25.7 Å². The Morgan fingerprint density at radius 2 is 1.90 bits per heavy atom. The van der Waals surface area contributed by atoms with E-state index >= 15 is 0 Å². The molecule has 0 bridgehead atoms. The van der Waals surface area contributed by atoms with Crippen LogP contribution in [0.15, 0.2) is 42.5 Å². The van der Waals surface area contributed by atoms with E-state index in [1.165, 1.54) is 27.8 Å². The van der Waals surface area contributed by atoms with Gasteiger partial charge in [0.05, 0.1) is 0 Å². The van der Waals surface area contributed by atoms with Gasteiger partial charge in [0.25, 0.3) is 0 Å². The highest BCUT2D eigenvalue weighted by Gasteiger charge is 2.25. The molecule has 3 rings (SSSR count). The van der Waals surface area contributed by atoms with E-state index in [1.807, 2.05) is 0 Å². The third-order valence-corrected chi connectivity index (χ3v) is 4.70. The van der Waals surface area contributed by atoms with Crippen LogP contribution in [0.4, 0.5) is 0 Å². The molecule has 2 aromatic carbocycles. The minimum atomic E-state index is 0.344. The lowest BCUT2D eigenvalue weighted by molar-refractivity contribution is 0.181. The highest BCUT2D eigenvalue weighted by Crippen LogP contribution is 2.30. The van der Waals surface area contributed by atoms with E-state index in [4.69, 9.17) is 5.73 Å². The summed E-state index contributed by atoms with van der Waals surface area (Å²) >= 11 is 0. The summed E-state index contributed by atoms with van der Waals surface area (Å²) in [5.41, 5.74) is 13.1. The Morgan fingerprint density at radius 3 is 2.67 bits per heavy atom. The monoisotopic (exact) mass is 280 g/mol. The Labute approximate surface area is 127 Å². The number of rotatable bonds is 3. The van der Waals surface area contributed by atoms with Crippen LogP contribution in [-0.2, 0) is 13.0 Å². The zero-order valence-corrected chi connectivity index (χ0v) is 13.0. The minimum absolute atomic E-state index is 0.344. The van der Waals surface area contributed by atoms with Gasteiger partial charge in [0.1, 0.15) is 0 Å². The summed E-state index contributed by atoms with van der Waals surface area (Å²) in [5.74, 6) is 0. The van der Waals surface area contributed by atoms with Gasteiger partial charge in [0.15, 0.2) is 0 Å². The van der Waals surface area contributed by atoms with E-state index in [-0.39, 0.29) is 0 Å². The predicted molar refractivity (Wildman–Crippen MR) is 88.3 cm³/mol. The molecule has 2 aromatic rings. The normalized spacial score (nSPS) is 18.5. The first-order valence-electron chi connectivity index (χ1n) is 7.77. The van der Waals surface area contributed by atoms with Crippen molar-refractivity contribution in [1.82, 2.24) is 4.90 Å². The molecule has 1 unspecified atom stereocenters. The lowest BCUT2D eigenvalue weighted by Gasteiger charge is -2.36. The van der Waals surface area contributed by atoms with Crippen LogP contribution < -0.4 is 5.73 Å². The summed E-state index contributed by atoms with van der Waals surface area (Å²) in [6.45, 7) is 7.11. The first kappa shape index (κ1) is 14.3. The third kappa shape index (κ3) is 2.87. The number of hydrogen-bond acceptors (Lipinski definition) is 2. The van der Waals surface area contributed by atoms with Crippen LogP contribution in [0.3, 0.4) is 0 Å². The van der Waals surface area contributed by atoms with Crippen molar-refractivity contribution < 1.29 is 0 Å². The van der Waals surface area contributed by atoms with Gasteiger partial charge >= 0.3 is 0 Å². The summed E-state index contributed by atoms with van der Waals surface area (Å²) in [6, 6.07) is 15.9. The first-order valence-corrected chi connectivity index (χ1v) is 7.77. The van der Waals surface area contributed by atoms with Crippen molar-refractivity contribution in [3.05, 3.63) is 70.3 Å². The van der Waals surface area contributed by atoms with Gasteiger partial charge in [-0.2, -0.15) is 0 Å². The highest BCUT2D eigenvalue weighted by molar-refractivity contribution is 5.34. The molecule has 0 amide bonds. The van der Waals surface area contributed by atoms with E-state index in [0.717, 1.165) is 19.5 Å². The molecule has 2 nitrogen and oxygen atoms in total. The average Bonchev–Trinajstić information content (AvgIpc) is 2.51. The Bertz CT molecular complexity index is 633. The molecule has 1 heterocycles. The molecular formula is C19H24N2. The highest BCUT2D eigenvalue weighted by atomic mass is 15.2. The molecule has 0 fully saturated rings. The molecular weight excluding hydrogens is 256 g/mol. The number of aryl methyl sites for hydroxylation is 2. The smallest absolute Gasteiger partial charge is 0.0476 e. The summed E-state index contributed by atoms with van der Waals surface area (Å²) in [5, 5.41) is 0. The van der Waals surface area contributed by atoms with E-state index in [2.05, 4.69) is 61.2 Å². The van der Waals surface area contributed by atoms with Crippen molar-refractivity contribution in [2.75, 3.05) is 13.1 Å². The molecule has 0 aromatic heterocycles. The number of nitrogens with two attached hydrogens (primary N) is 1. The van der Waals surface area contributed by atoms with Crippen molar-refractivity contribution in [2.45, 2.75) is 32.9 Å². The maximum atomic E-state index is 6.07. The molecule has 2 N–H and O–H groups in total. The van der Waals surface area contributed by atoms with Gasteiger partial charge in [-0.15, -0.1) is 0 Å². The van der Waals surface area contributed by atoms with E-state index < -0.39 is 0 Å². The van der Waals surface area contributed by atoms with Crippen molar-refractivity contribution in [3.8, 4) is 0 Å². The Kier molecular flexibility index (Phi) is 4.09. The molecule has 110 valence electrons. The number of benzene rings is 2. The van der Waals surface area contributed by atoms with Crippen molar-refractivity contribution in [3.63, 3.8) is 0 Å². The van der Waals surface area contributed by atoms with Crippen LogP contribution >= 0.6 is 0 Å². The fraction of sp³-hybridized carbons (Fsp3) is 0.368. The fourth-order valence-electron chi connectivity index (χ4n) is 3.31. The minimum Gasteiger partial charge on any atom is -0.329 e. The second-order valence-corrected chi connectivity index (χ2v) is 6.09. The zero-order chi connectivity index (χ0) is 14.8. The molecule has 0 radical (unpaired) electrons. The Balaban J connectivity index is 1.84. The van der Waals surface area contributed by atoms with Gasteiger partial charge < -0.3 is 5.73 Å². The molecule has 1 atom stereocenters. The van der Waals surface area contributed by atoms with Crippen molar-refractivity contribution in [2.24, 2.45) is 5.73 Å². The zero-order valence-electron chi connectivity index (χ0n) is 13.0. The first-order chi connectivity index (χ1) is 10.2. The van der Waals surface area contributed by atoms with Crippen LogP contribution in [0.2, 0.25) is 0 Å². The summed E-state index contributed by atoms with van der Waals surface area (Å²) < 4.78 is 0. The number of fused-ring (bicyclic) bond motifs is 1. The number of hydrogen-bond donors (Lipinski definition) is 1. The summed E-state index contributed by atoms with van der Waals surface area (Å²) in [4.78, 5) is 2.52. The largest absolute Gasteiger partial charge is 0.329 e. The van der Waals surface area contributed by atoms with Gasteiger partial charge in [-0.05, 0) is 48.1 Å². The molecule has 21 heavy (non-hydrogen) atoms. The van der Waals surface area contributed by atoms with Crippen LogP contribution in [0.5, 0.6) is 0 Å². The SMILES string of the molecule is Cc1ccc(CN2CCc3ccccc3C2CN)cc1C. The predicted octanol–water partition coefficient (Wildman–Crippen LogP) is 3.36. The topological polar surface area (TPSA) is 29.3 Å². The average molecular weight is 280 g/mol. The van der Waals surface area contributed by atoms with E-state index in [9.17, 15) is 0 Å². The standard InChI is InChI=1S/C19H24N2/c1-14-7-8-16(11-15(14)2)13-21-10-9-17-5-3-4-6-18(17)19(21)12-20/h3-8,11,19H,9-10,12-13,20H2,1-2H3. The van der Waals surface area contributed by atoms with Gasteiger partial charge in [-0.3, -0.25) is 4.90 Å². The Morgan fingerprint density at radius 1 is 1.10 bits per heavy atom. The summed E-state index contributed by atoms with van der Waals surface area (Å²) in [6.07, 6.45) is 1.12. The van der Waals surface area contributed by atoms with Crippen LogP contribution in [0.25, 0.3) is 0 Å². The summed E-state index contributed by atoms with van der Waals surface area (Å²) in [7, 11) is 0. The van der Waals surface area contributed by atoms with Gasteiger partial charge in [-0.25, -0.2) is 0 Å². The Hall–Kier alpha value is -1.64.